The van der Waals surface area contributed by atoms with Crippen molar-refractivity contribution < 1.29 is 13.6 Å². The fourth-order valence-electron chi connectivity index (χ4n) is 2.15. The van der Waals surface area contributed by atoms with Crippen molar-refractivity contribution in [3.05, 3.63) is 54.0 Å². The van der Waals surface area contributed by atoms with Crippen LogP contribution in [0.3, 0.4) is 0 Å². The van der Waals surface area contributed by atoms with E-state index in [9.17, 15) is 9.18 Å². The molecule has 0 aliphatic rings. The average molecular weight is 270 g/mol. The minimum atomic E-state index is -0.717. The molecule has 20 heavy (non-hydrogen) atoms. The van der Waals surface area contributed by atoms with Crippen molar-refractivity contribution in [2.75, 3.05) is 5.73 Å². The number of carbonyl (C=O) groups is 1. The zero-order valence-corrected chi connectivity index (χ0v) is 10.4. The first-order chi connectivity index (χ1) is 9.56. The predicted molar refractivity (Wildman–Crippen MR) is 74.5 cm³/mol. The van der Waals surface area contributed by atoms with Gasteiger partial charge < -0.3 is 15.9 Å². The molecule has 2 aromatic carbocycles. The number of carbonyl (C=O) groups excluding carboxylic acids is 1. The molecule has 5 heteroatoms. The molecule has 4 N–H and O–H groups in total. The van der Waals surface area contributed by atoms with Gasteiger partial charge in [-0.1, -0.05) is 18.2 Å². The SMILES string of the molecule is NC(=O)c1oc2ccc(-c3cccc(F)c3)cc2c1N. The maximum atomic E-state index is 13.3. The van der Waals surface area contributed by atoms with E-state index in [1.807, 2.05) is 0 Å². The molecule has 0 fully saturated rings. The molecule has 1 heterocycles. The van der Waals surface area contributed by atoms with E-state index in [-0.39, 0.29) is 17.3 Å². The average Bonchev–Trinajstić information content (AvgIpc) is 2.76. The van der Waals surface area contributed by atoms with Crippen LogP contribution < -0.4 is 11.5 Å². The van der Waals surface area contributed by atoms with Crippen LogP contribution in [0.5, 0.6) is 0 Å². The maximum absolute atomic E-state index is 13.3. The number of benzene rings is 2. The van der Waals surface area contributed by atoms with Crippen molar-refractivity contribution in [1.82, 2.24) is 0 Å². The third-order valence-electron chi connectivity index (χ3n) is 3.11. The lowest BCUT2D eigenvalue weighted by Crippen LogP contribution is -2.11. The molecule has 0 aliphatic heterocycles. The normalized spacial score (nSPS) is 10.8. The van der Waals surface area contributed by atoms with Crippen molar-refractivity contribution in [3.8, 4) is 11.1 Å². The first-order valence-corrected chi connectivity index (χ1v) is 5.94. The number of nitrogens with two attached hydrogens (primary N) is 2. The molecule has 0 unspecified atom stereocenters. The van der Waals surface area contributed by atoms with E-state index in [2.05, 4.69) is 0 Å². The van der Waals surface area contributed by atoms with E-state index in [0.717, 1.165) is 5.56 Å². The number of nitrogen functional groups attached to an aromatic ring is 1. The van der Waals surface area contributed by atoms with Crippen molar-refractivity contribution in [3.63, 3.8) is 0 Å². The van der Waals surface area contributed by atoms with Crippen LogP contribution in [0.1, 0.15) is 10.6 Å². The van der Waals surface area contributed by atoms with Gasteiger partial charge in [-0.2, -0.15) is 0 Å². The van der Waals surface area contributed by atoms with Crippen LogP contribution in [0.15, 0.2) is 46.9 Å². The number of amides is 1. The lowest BCUT2D eigenvalue weighted by molar-refractivity contribution is 0.0977. The molecule has 0 radical (unpaired) electrons. The number of furan rings is 1. The quantitative estimate of drug-likeness (QED) is 0.751. The van der Waals surface area contributed by atoms with Crippen molar-refractivity contribution in [1.29, 1.82) is 0 Å². The summed E-state index contributed by atoms with van der Waals surface area (Å²) in [5, 5.41) is 0.584. The molecule has 0 atom stereocenters. The van der Waals surface area contributed by atoms with Gasteiger partial charge >= 0.3 is 0 Å². The number of hydrogen-bond donors (Lipinski definition) is 2. The summed E-state index contributed by atoms with van der Waals surface area (Å²) in [5.41, 5.74) is 13.2. The Balaban J connectivity index is 2.20. The summed E-state index contributed by atoms with van der Waals surface area (Å²) in [6.45, 7) is 0. The number of anilines is 1. The second-order valence-corrected chi connectivity index (χ2v) is 4.43. The van der Waals surface area contributed by atoms with Crippen LogP contribution in [-0.2, 0) is 0 Å². The maximum Gasteiger partial charge on any atom is 0.286 e. The van der Waals surface area contributed by atoms with Crippen molar-refractivity contribution >= 4 is 22.6 Å². The van der Waals surface area contributed by atoms with Crippen LogP contribution in [0.4, 0.5) is 10.1 Å². The molecule has 0 spiro atoms. The molecule has 4 nitrogen and oxygen atoms in total. The Morgan fingerprint density at radius 3 is 2.55 bits per heavy atom. The molecule has 3 rings (SSSR count). The summed E-state index contributed by atoms with van der Waals surface area (Å²) in [6.07, 6.45) is 0. The van der Waals surface area contributed by atoms with E-state index >= 15 is 0 Å². The van der Waals surface area contributed by atoms with Gasteiger partial charge in [0.05, 0.1) is 5.69 Å². The summed E-state index contributed by atoms with van der Waals surface area (Å²) >= 11 is 0. The lowest BCUT2D eigenvalue weighted by atomic mass is 10.0. The zero-order chi connectivity index (χ0) is 14.3. The van der Waals surface area contributed by atoms with Gasteiger partial charge in [0.2, 0.25) is 5.76 Å². The van der Waals surface area contributed by atoms with Gasteiger partial charge in [-0.25, -0.2) is 4.39 Å². The third-order valence-corrected chi connectivity index (χ3v) is 3.11. The van der Waals surface area contributed by atoms with Crippen LogP contribution in [-0.4, -0.2) is 5.91 Å². The summed E-state index contributed by atoms with van der Waals surface area (Å²) in [7, 11) is 0. The van der Waals surface area contributed by atoms with Gasteiger partial charge in [0.25, 0.3) is 5.91 Å². The fourth-order valence-corrected chi connectivity index (χ4v) is 2.15. The van der Waals surface area contributed by atoms with E-state index in [1.54, 1.807) is 30.3 Å². The molecule has 0 saturated carbocycles. The minimum Gasteiger partial charge on any atom is -0.449 e. The molecule has 1 amide bonds. The molecule has 1 aromatic heterocycles. The van der Waals surface area contributed by atoms with E-state index in [1.165, 1.54) is 12.1 Å². The monoisotopic (exact) mass is 270 g/mol. The lowest BCUT2D eigenvalue weighted by Gasteiger charge is -2.02. The Morgan fingerprint density at radius 1 is 1.10 bits per heavy atom. The molecule has 0 saturated heterocycles. The molecular formula is C15H11FN2O2. The Morgan fingerprint density at radius 2 is 1.85 bits per heavy atom. The minimum absolute atomic E-state index is 0.0589. The van der Waals surface area contributed by atoms with Gasteiger partial charge in [-0.3, -0.25) is 4.79 Å². The molecule has 100 valence electrons. The Kier molecular flexibility index (Phi) is 2.68. The van der Waals surface area contributed by atoms with Gasteiger partial charge in [0, 0.05) is 5.39 Å². The number of primary amides is 1. The van der Waals surface area contributed by atoms with Gasteiger partial charge in [-0.05, 0) is 35.4 Å². The highest BCUT2D eigenvalue weighted by molar-refractivity contribution is 6.05. The van der Waals surface area contributed by atoms with Crippen molar-refractivity contribution in [2.45, 2.75) is 0 Å². The van der Waals surface area contributed by atoms with E-state index < -0.39 is 5.91 Å². The van der Waals surface area contributed by atoms with Crippen LogP contribution in [0, 0.1) is 5.82 Å². The second kappa shape index (κ2) is 4.38. The summed E-state index contributed by atoms with van der Waals surface area (Å²) < 4.78 is 18.6. The summed E-state index contributed by atoms with van der Waals surface area (Å²) in [5.74, 6) is -1.09. The predicted octanol–water partition coefficient (Wildman–Crippen LogP) is 2.92. The summed E-state index contributed by atoms with van der Waals surface area (Å²) in [6, 6.07) is 11.4. The smallest absolute Gasteiger partial charge is 0.286 e. The van der Waals surface area contributed by atoms with Crippen LogP contribution >= 0.6 is 0 Å². The van der Waals surface area contributed by atoms with Gasteiger partial charge in [0.15, 0.2) is 0 Å². The fraction of sp³-hybridized carbons (Fsp3) is 0. The Hall–Kier alpha value is -2.82. The molecule has 3 aromatic rings. The van der Waals surface area contributed by atoms with Crippen LogP contribution in [0.2, 0.25) is 0 Å². The van der Waals surface area contributed by atoms with Gasteiger partial charge in [-0.15, -0.1) is 0 Å². The second-order valence-electron chi connectivity index (χ2n) is 4.43. The van der Waals surface area contributed by atoms with Gasteiger partial charge in [0.1, 0.15) is 11.4 Å². The Labute approximate surface area is 113 Å². The summed E-state index contributed by atoms with van der Waals surface area (Å²) in [4.78, 5) is 11.2. The number of hydrogen-bond acceptors (Lipinski definition) is 3. The highest BCUT2D eigenvalue weighted by atomic mass is 19.1. The molecule has 0 aliphatic carbocycles. The number of halogens is 1. The molecule has 0 bridgehead atoms. The zero-order valence-electron chi connectivity index (χ0n) is 10.4. The van der Waals surface area contributed by atoms with E-state index in [0.29, 0.717) is 16.5 Å². The first-order valence-electron chi connectivity index (χ1n) is 5.94. The highest BCUT2D eigenvalue weighted by Crippen LogP contribution is 2.32. The topological polar surface area (TPSA) is 82.2 Å². The molecular weight excluding hydrogens is 259 g/mol. The third kappa shape index (κ3) is 1.89. The standard InChI is InChI=1S/C15H11FN2O2/c16-10-3-1-2-8(6-10)9-4-5-12-11(7-9)13(17)14(20-12)15(18)19/h1-7H,17H2,(H2,18,19). The number of fused-ring (bicyclic) bond motifs is 1. The van der Waals surface area contributed by atoms with E-state index in [4.69, 9.17) is 15.9 Å². The number of rotatable bonds is 2. The van der Waals surface area contributed by atoms with Crippen molar-refractivity contribution in [2.24, 2.45) is 5.73 Å². The highest BCUT2D eigenvalue weighted by Gasteiger charge is 2.16. The first kappa shape index (κ1) is 12.2. The largest absolute Gasteiger partial charge is 0.449 e. The Bertz CT molecular complexity index is 824. The van der Waals surface area contributed by atoms with Crippen LogP contribution in [0.25, 0.3) is 22.1 Å².